The average molecular weight is 529 g/mol. The molecule has 4 aromatic rings. The zero-order chi connectivity index (χ0) is 27.0. The van der Waals surface area contributed by atoms with Gasteiger partial charge in [0.1, 0.15) is 5.82 Å². The largest absolute Gasteiger partial charge is 0.478 e. The van der Waals surface area contributed by atoms with E-state index in [0.717, 1.165) is 59.9 Å². The molecule has 1 unspecified atom stereocenters. The van der Waals surface area contributed by atoms with Crippen LogP contribution in [0.15, 0.2) is 60.9 Å². The van der Waals surface area contributed by atoms with Crippen molar-refractivity contribution in [1.29, 1.82) is 0 Å². The molecule has 0 radical (unpaired) electrons. The first kappa shape index (κ1) is 25.3. The van der Waals surface area contributed by atoms with Crippen molar-refractivity contribution in [3.8, 4) is 11.5 Å². The number of imidazole rings is 1. The smallest absolute Gasteiger partial charge is 0.335 e. The summed E-state index contributed by atoms with van der Waals surface area (Å²) in [7, 11) is 1.67. The van der Waals surface area contributed by atoms with Gasteiger partial charge in [-0.15, -0.1) is 0 Å². The van der Waals surface area contributed by atoms with Gasteiger partial charge >= 0.3 is 5.97 Å². The number of ether oxygens (including phenoxy) is 3. The number of aromatic nitrogens is 3. The monoisotopic (exact) mass is 528 g/mol. The summed E-state index contributed by atoms with van der Waals surface area (Å²) in [5, 5.41) is 9.46. The fraction of sp³-hybridized carbons (Fsp3) is 0.367. The van der Waals surface area contributed by atoms with Crippen molar-refractivity contribution in [2.75, 3.05) is 26.8 Å². The van der Waals surface area contributed by atoms with Crippen molar-refractivity contribution < 1.29 is 24.1 Å². The maximum Gasteiger partial charge on any atom is 0.335 e. The summed E-state index contributed by atoms with van der Waals surface area (Å²) in [4.78, 5) is 23.0. The Balaban J connectivity index is 1.18. The number of aromatic carboxylic acids is 1. The van der Waals surface area contributed by atoms with Crippen LogP contribution in [0.5, 0.6) is 11.5 Å². The number of carboxylic acid groups (broad SMARTS) is 1. The van der Waals surface area contributed by atoms with E-state index in [9.17, 15) is 9.90 Å². The highest BCUT2D eigenvalue weighted by atomic mass is 16.7. The van der Waals surface area contributed by atoms with Crippen molar-refractivity contribution in [1.82, 2.24) is 19.4 Å². The fourth-order valence-corrected chi connectivity index (χ4v) is 5.68. The van der Waals surface area contributed by atoms with E-state index in [2.05, 4.69) is 20.5 Å². The number of piperidine rings is 1. The number of benzene rings is 2. The van der Waals surface area contributed by atoms with Crippen LogP contribution in [0.3, 0.4) is 0 Å². The lowest BCUT2D eigenvalue weighted by Gasteiger charge is -2.32. The highest BCUT2D eigenvalue weighted by molar-refractivity contribution is 5.92. The average Bonchev–Trinajstić information content (AvgIpc) is 3.49. The molecule has 1 N–H and O–H groups in total. The quantitative estimate of drug-likeness (QED) is 0.348. The second-order valence-corrected chi connectivity index (χ2v) is 10.3. The van der Waals surface area contributed by atoms with Gasteiger partial charge in [0.2, 0.25) is 0 Å². The van der Waals surface area contributed by atoms with Crippen LogP contribution < -0.4 is 9.47 Å². The van der Waals surface area contributed by atoms with Crippen molar-refractivity contribution in [2.45, 2.75) is 44.6 Å². The molecule has 0 saturated carbocycles. The summed E-state index contributed by atoms with van der Waals surface area (Å²) in [5.74, 6) is 1.05. The van der Waals surface area contributed by atoms with Crippen LogP contribution in [0.4, 0.5) is 0 Å². The number of fused-ring (bicyclic) bond motifs is 2. The minimum atomic E-state index is -0.942. The number of rotatable bonds is 8. The highest BCUT2D eigenvalue weighted by Gasteiger charge is 2.41. The van der Waals surface area contributed by atoms with Crippen LogP contribution in [0.2, 0.25) is 0 Å². The third-order valence-corrected chi connectivity index (χ3v) is 7.78. The van der Waals surface area contributed by atoms with Gasteiger partial charge in [0.05, 0.1) is 35.3 Å². The van der Waals surface area contributed by atoms with Gasteiger partial charge in [-0.3, -0.25) is 9.88 Å². The standard InChI is InChI=1S/C30H32N4O5/c1-30(22-5-4-12-31-18-22)38-26-7-3-6-23(28(26)39-30)20-10-13-33(14-11-20)19-27-32-24-9-8-21(29(35)36)17-25(24)34(27)15-16-37-2/h3-9,12,17-18,20H,10-11,13-16,19H2,1-2H3,(H,35,36). The first-order valence-corrected chi connectivity index (χ1v) is 13.3. The molecule has 4 heterocycles. The summed E-state index contributed by atoms with van der Waals surface area (Å²) in [6, 6.07) is 15.1. The first-order valence-electron chi connectivity index (χ1n) is 13.3. The molecule has 39 heavy (non-hydrogen) atoms. The number of carboxylic acids is 1. The summed E-state index contributed by atoms with van der Waals surface area (Å²) < 4.78 is 20.2. The molecule has 6 rings (SSSR count). The van der Waals surface area contributed by atoms with Crippen molar-refractivity contribution in [3.05, 3.63) is 83.4 Å². The Morgan fingerprint density at radius 3 is 2.74 bits per heavy atom. The number of likely N-dealkylation sites (tertiary alicyclic amines) is 1. The molecule has 0 aliphatic carbocycles. The van der Waals surface area contributed by atoms with Crippen LogP contribution in [0.1, 0.15) is 53.0 Å². The molecule has 2 aliphatic heterocycles. The second-order valence-electron chi connectivity index (χ2n) is 10.3. The fourth-order valence-electron chi connectivity index (χ4n) is 5.68. The number of pyridine rings is 1. The van der Waals surface area contributed by atoms with Crippen molar-refractivity contribution in [3.63, 3.8) is 0 Å². The number of nitrogens with zero attached hydrogens (tertiary/aromatic N) is 4. The van der Waals surface area contributed by atoms with E-state index in [-0.39, 0.29) is 5.56 Å². The molecule has 1 fully saturated rings. The Kier molecular flexibility index (Phi) is 6.70. The predicted molar refractivity (Wildman–Crippen MR) is 145 cm³/mol. The van der Waals surface area contributed by atoms with Gasteiger partial charge in [-0.25, -0.2) is 9.78 Å². The maximum atomic E-state index is 11.5. The molecule has 0 spiro atoms. The lowest BCUT2D eigenvalue weighted by molar-refractivity contribution is -0.0688. The second kappa shape index (κ2) is 10.3. The van der Waals surface area contributed by atoms with Crippen LogP contribution in [0.25, 0.3) is 11.0 Å². The summed E-state index contributed by atoms with van der Waals surface area (Å²) >= 11 is 0. The zero-order valence-corrected chi connectivity index (χ0v) is 22.2. The maximum absolute atomic E-state index is 11.5. The first-order chi connectivity index (χ1) is 18.9. The van der Waals surface area contributed by atoms with E-state index in [4.69, 9.17) is 19.2 Å². The summed E-state index contributed by atoms with van der Waals surface area (Å²) in [6.07, 6.45) is 5.51. The lowest BCUT2D eigenvalue weighted by atomic mass is 9.88. The molecule has 9 heteroatoms. The van der Waals surface area contributed by atoms with Gasteiger partial charge in [-0.2, -0.15) is 0 Å². The molecular weight excluding hydrogens is 496 g/mol. The third kappa shape index (κ3) is 4.84. The van der Waals surface area contributed by atoms with Crippen LogP contribution in [-0.2, 0) is 23.6 Å². The number of para-hydroxylation sites is 1. The van der Waals surface area contributed by atoms with E-state index in [0.29, 0.717) is 25.6 Å². The molecule has 2 aromatic carbocycles. The Labute approximate surface area is 227 Å². The molecule has 202 valence electrons. The minimum Gasteiger partial charge on any atom is -0.478 e. The number of hydrogen-bond donors (Lipinski definition) is 1. The van der Waals surface area contributed by atoms with Gasteiger partial charge in [-0.05, 0) is 68.2 Å². The molecule has 1 atom stereocenters. The molecule has 0 amide bonds. The Bertz CT molecular complexity index is 1500. The van der Waals surface area contributed by atoms with Gasteiger partial charge in [-0.1, -0.05) is 12.1 Å². The van der Waals surface area contributed by atoms with Crippen molar-refractivity contribution >= 4 is 17.0 Å². The lowest BCUT2D eigenvalue weighted by Crippen LogP contribution is -2.34. The Morgan fingerprint density at radius 2 is 2.00 bits per heavy atom. The Morgan fingerprint density at radius 1 is 1.15 bits per heavy atom. The van der Waals surface area contributed by atoms with E-state index in [1.54, 1.807) is 37.7 Å². The van der Waals surface area contributed by atoms with Gasteiger partial charge in [0, 0.05) is 38.5 Å². The highest BCUT2D eigenvalue weighted by Crippen LogP contribution is 2.49. The Hall–Kier alpha value is -3.95. The third-order valence-electron chi connectivity index (χ3n) is 7.78. The van der Waals surface area contributed by atoms with Gasteiger partial charge < -0.3 is 23.9 Å². The van der Waals surface area contributed by atoms with Crippen LogP contribution >= 0.6 is 0 Å². The summed E-state index contributed by atoms with van der Waals surface area (Å²) in [5.41, 5.74) is 3.96. The van der Waals surface area contributed by atoms with Gasteiger partial charge in [0.15, 0.2) is 11.5 Å². The normalized spacial score (nSPS) is 19.5. The molecule has 2 aliphatic rings. The molecule has 0 bridgehead atoms. The molecular formula is C30H32N4O5. The number of methoxy groups -OCH3 is 1. The topological polar surface area (TPSA) is 98.9 Å². The summed E-state index contributed by atoms with van der Waals surface area (Å²) in [6.45, 7) is 5.61. The zero-order valence-electron chi connectivity index (χ0n) is 22.2. The van der Waals surface area contributed by atoms with E-state index < -0.39 is 11.8 Å². The molecule has 1 saturated heterocycles. The minimum absolute atomic E-state index is 0.259. The van der Waals surface area contributed by atoms with Crippen molar-refractivity contribution in [2.24, 2.45) is 0 Å². The van der Waals surface area contributed by atoms with E-state index >= 15 is 0 Å². The van der Waals surface area contributed by atoms with Gasteiger partial charge in [0.25, 0.3) is 5.79 Å². The van der Waals surface area contributed by atoms with E-state index in [1.807, 2.05) is 31.2 Å². The number of hydrogen-bond acceptors (Lipinski definition) is 7. The predicted octanol–water partition coefficient (Wildman–Crippen LogP) is 4.80. The molecule has 2 aromatic heterocycles. The van der Waals surface area contributed by atoms with Crippen LogP contribution in [-0.4, -0.2) is 57.3 Å². The SMILES string of the molecule is COCCn1c(CN2CCC(c3cccc4c3OC(C)(c3cccnc3)O4)CC2)nc2ccc(C(=O)O)cc21. The van der Waals surface area contributed by atoms with E-state index in [1.165, 1.54) is 5.56 Å². The number of carbonyl (C=O) groups is 1. The van der Waals surface area contributed by atoms with Crippen LogP contribution in [0, 0.1) is 0 Å². The molecule has 9 nitrogen and oxygen atoms in total.